The van der Waals surface area contributed by atoms with Crippen molar-refractivity contribution in [2.45, 2.75) is 25.9 Å². The molecule has 2 aromatic heterocycles. The van der Waals surface area contributed by atoms with E-state index in [4.69, 9.17) is 11.6 Å². The Morgan fingerprint density at radius 1 is 1.12 bits per heavy atom. The van der Waals surface area contributed by atoms with Gasteiger partial charge in [-0.05, 0) is 36.6 Å². The van der Waals surface area contributed by atoms with Crippen LogP contribution < -0.4 is 10.9 Å². The monoisotopic (exact) mass is 465 g/mol. The van der Waals surface area contributed by atoms with Gasteiger partial charge in [-0.2, -0.15) is 0 Å². The number of hydrogen-bond acceptors (Lipinski definition) is 5. The molecule has 0 aliphatic heterocycles. The fraction of sp³-hybridized carbons (Fsp3) is 0.167. The fourth-order valence-corrected chi connectivity index (χ4v) is 4.50. The van der Waals surface area contributed by atoms with E-state index in [0.29, 0.717) is 21.7 Å². The highest BCUT2D eigenvalue weighted by molar-refractivity contribution is 7.17. The average molecular weight is 466 g/mol. The van der Waals surface area contributed by atoms with Crippen molar-refractivity contribution in [2.75, 3.05) is 0 Å². The molecule has 2 heterocycles. The van der Waals surface area contributed by atoms with Crippen LogP contribution in [0, 0.1) is 0 Å². The third-order valence-corrected chi connectivity index (χ3v) is 6.28. The first-order valence-electron chi connectivity index (χ1n) is 9.98. The van der Waals surface area contributed by atoms with Crippen LogP contribution in [-0.4, -0.2) is 27.3 Å². The van der Waals surface area contributed by atoms with Crippen molar-refractivity contribution in [1.82, 2.24) is 14.9 Å². The SMILES string of the molecule is CC(=O)[C@@H](Cc1ccccc1)NC(=O)Cn1cnc2scc(-c3ccc(Cl)cc3)c2c1=O. The zero-order valence-electron chi connectivity index (χ0n) is 17.2. The lowest BCUT2D eigenvalue weighted by atomic mass is 10.0. The molecule has 4 rings (SSSR count). The van der Waals surface area contributed by atoms with E-state index in [-0.39, 0.29) is 17.9 Å². The molecule has 0 saturated heterocycles. The first-order valence-corrected chi connectivity index (χ1v) is 11.2. The van der Waals surface area contributed by atoms with E-state index >= 15 is 0 Å². The van der Waals surface area contributed by atoms with Gasteiger partial charge in [0.1, 0.15) is 11.4 Å². The zero-order chi connectivity index (χ0) is 22.7. The molecule has 1 N–H and O–H groups in total. The molecule has 0 bridgehead atoms. The van der Waals surface area contributed by atoms with Crippen LogP contribution in [0.15, 0.2) is 71.1 Å². The van der Waals surface area contributed by atoms with Crippen LogP contribution in [0.5, 0.6) is 0 Å². The van der Waals surface area contributed by atoms with Gasteiger partial charge < -0.3 is 5.32 Å². The molecule has 4 aromatic rings. The normalized spacial score (nSPS) is 11.9. The lowest BCUT2D eigenvalue weighted by Gasteiger charge is -2.16. The van der Waals surface area contributed by atoms with Gasteiger partial charge in [-0.15, -0.1) is 11.3 Å². The smallest absolute Gasteiger partial charge is 0.263 e. The molecule has 6 nitrogen and oxygen atoms in total. The van der Waals surface area contributed by atoms with E-state index in [1.165, 1.54) is 29.2 Å². The average Bonchev–Trinajstić information content (AvgIpc) is 3.21. The summed E-state index contributed by atoms with van der Waals surface area (Å²) in [7, 11) is 0. The minimum atomic E-state index is -0.664. The second kappa shape index (κ2) is 9.46. The largest absolute Gasteiger partial charge is 0.344 e. The van der Waals surface area contributed by atoms with E-state index in [0.717, 1.165) is 16.7 Å². The molecule has 0 radical (unpaired) electrons. The van der Waals surface area contributed by atoms with Crippen LogP contribution in [0.2, 0.25) is 5.02 Å². The number of halogens is 1. The number of thiophene rings is 1. The van der Waals surface area contributed by atoms with Crippen molar-refractivity contribution in [3.63, 3.8) is 0 Å². The summed E-state index contributed by atoms with van der Waals surface area (Å²) in [6, 6.07) is 16.0. The van der Waals surface area contributed by atoms with Crippen molar-refractivity contribution in [2.24, 2.45) is 0 Å². The second-order valence-electron chi connectivity index (χ2n) is 7.43. The van der Waals surface area contributed by atoms with E-state index in [1.807, 2.05) is 47.8 Å². The van der Waals surface area contributed by atoms with Crippen LogP contribution in [0.4, 0.5) is 0 Å². The van der Waals surface area contributed by atoms with Gasteiger partial charge in [-0.3, -0.25) is 19.0 Å². The Bertz CT molecular complexity index is 1330. The lowest BCUT2D eigenvalue weighted by Crippen LogP contribution is -2.43. The molecule has 1 amide bonds. The molecule has 0 aliphatic carbocycles. The van der Waals surface area contributed by atoms with Crippen molar-refractivity contribution in [3.05, 3.63) is 87.2 Å². The number of benzene rings is 2. The summed E-state index contributed by atoms with van der Waals surface area (Å²) in [5, 5.41) is 5.69. The quantitative estimate of drug-likeness (QED) is 0.445. The Balaban J connectivity index is 1.57. The summed E-state index contributed by atoms with van der Waals surface area (Å²) in [5.41, 5.74) is 2.23. The molecule has 0 saturated carbocycles. The first kappa shape index (κ1) is 21.9. The highest BCUT2D eigenvalue weighted by atomic mass is 35.5. The molecular formula is C24H20ClN3O3S. The Morgan fingerprint density at radius 3 is 2.53 bits per heavy atom. The maximum Gasteiger partial charge on any atom is 0.263 e. The molecule has 2 aromatic carbocycles. The second-order valence-corrected chi connectivity index (χ2v) is 8.73. The minimum absolute atomic E-state index is 0.147. The first-order chi connectivity index (χ1) is 15.4. The van der Waals surface area contributed by atoms with Crippen LogP contribution in [0.1, 0.15) is 12.5 Å². The molecule has 32 heavy (non-hydrogen) atoms. The standard InChI is InChI=1S/C24H20ClN3O3S/c1-15(29)20(11-16-5-3-2-4-6-16)27-21(30)12-28-14-26-23-22(24(28)31)19(13-32-23)17-7-9-18(25)10-8-17/h2-10,13-14,20H,11-12H2,1H3,(H,27,30)/t20-/m1/s1. The predicted molar refractivity (Wildman–Crippen MR) is 127 cm³/mol. The number of nitrogens with zero attached hydrogens (tertiary/aromatic N) is 2. The zero-order valence-corrected chi connectivity index (χ0v) is 18.8. The number of amides is 1. The number of ketones is 1. The number of fused-ring (bicyclic) bond motifs is 1. The summed E-state index contributed by atoms with van der Waals surface area (Å²) in [4.78, 5) is 42.8. The van der Waals surface area contributed by atoms with E-state index in [9.17, 15) is 14.4 Å². The van der Waals surface area contributed by atoms with Gasteiger partial charge in [-0.1, -0.05) is 54.1 Å². The van der Waals surface area contributed by atoms with Gasteiger partial charge in [0.25, 0.3) is 5.56 Å². The van der Waals surface area contributed by atoms with E-state index in [2.05, 4.69) is 10.3 Å². The molecule has 0 spiro atoms. The van der Waals surface area contributed by atoms with Crippen LogP contribution in [0.3, 0.4) is 0 Å². The van der Waals surface area contributed by atoms with E-state index < -0.39 is 11.9 Å². The number of carbonyl (C=O) groups is 2. The minimum Gasteiger partial charge on any atom is -0.344 e. The van der Waals surface area contributed by atoms with Gasteiger partial charge in [0.2, 0.25) is 5.91 Å². The number of Topliss-reactive ketones (excluding diaryl/α,β-unsaturated/α-hetero) is 1. The topological polar surface area (TPSA) is 81.1 Å². The molecule has 162 valence electrons. The molecule has 0 aliphatic rings. The molecular weight excluding hydrogens is 446 g/mol. The fourth-order valence-electron chi connectivity index (χ4n) is 3.46. The summed E-state index contributed by atoms with van der Waals surface area (Å²) < 4.78 is 1.27. The molecule has 0 fully saturated rings. The number of hydrogen-bond donors (Lipinski definition) is 1. The Labute approximate surface area is 193 Å². The number of nitrogens with one attached hydrogen (secondary N) is 1. The summed E-state index contributed by atoms with van der Waals surface area (Å²) >= 11 is 7.34. The Kier molecular flexibility index (Phi) is 6.48. The highest BCUT2D eigenvalue weighted by Crippen LogP contribution is 2.31. The lowest BCUT2D eigenvalue weighted by molar-refractivity contribution is -0.127. The number of rotatable bonds is 7. The third-order valence-electron chi connectivity index (χ3n) is 5.14. The molecule has 0 unspecified atom stereocenters. The van der Waals surface area contributed by atoms with Crippen molar-refractivity contribution in [3.8, 4) is 11.1 Å². The van der Waals surface area contributed by atoms with Crippen molar-refractivity contribution >= 4 is 44.8 Å². The van der Waals surface area contributed by atoms with Gasteiger partial charge in [-0.25, -0.2) is 4.98 Å². The highest BCUT2D eigenvalue weighted by Gasteiger charge is 2.19. The predicted octanol–water partition coefficient (Wildman–Crippen LogP) is 4.09. The third kappa shape index (κ3) is 4.79. The maximum atomic E-state index is 13.2. The van der Waals surface area contributed by atoms with Gasteiger partial charge in [0.15, 0.2) is 5.78 Å². The maximum absolute atomic E-state index is 13.2. The van der Waals surface area contributed by atoms with Gasteiger partial charge >= 0.3 is 0 Å². The number of aromatic nitrogens is 2. The molecule has 1 atom stereocenters. The van der Waals surface area contributed by atoms with Crippen LogP contribution in [-0.2, 0) is 22.6 Å². The summed E-state index contributed by atoms with van der Waals surface area (Å²) in [6.45, 7) is 1.22. The summed E-state index contributed by atoms with van der Waals surface area (Å²) in [6.07, 6.45) is 1.76. The Hall–Kier alpha value is -3.29. The van der Waals surface area contributed by atoms with Gasteiger partial charge in [0.05, 0.1) is 17.8 Å². The van der Waals surface area contributed by atoms with Gasteiger partial charge in [0, 0.05) is 16.0 Å². The van der Waals surface area contributed by atoms with Crippen molar-refractivity contribution in [1.29, 1.82) is 0 Å². The molecule has 8 heteroatoms. The Morgan fingerprint density at radius 2 is 1.84 bits per heavy atom. The van der Waals surface area contributed by atoms with Crippen LogP contribution >= 0.6 is 22.9 Å². The summed E-state index contributed by atoms with van der Waals surface area (Å²) in [5.74, 6) is -0.571. The van der Waals surface area contributed by atoms with Crippen LogP contribution in [0.25, 0.3) is 21.3 Å². The number of carbonyl (C=O) groups excluding carboxylic acids is 2. The van der Waals surface area contributed by atoms with Crippen molar-refractivity contribution < 1.29 is 9.59 Å². The van der Waals surface area contributed by atoms with E-state index in [1.54, 1.807) is 12.1 Å².